The first-order valence-corrected chi connectivity index (χ1v) is 7.07. The number of rotatable bonds is 4. The molecule has 0 spiro atoms. The van der Waals surface area contributed by atoms with Crippen LogP contribution in [-0.4, -0.2) is 27.0 Å². The Bertz CT molecular complexity index is 537. The number of nitrogens with one attached hydrogen (secondary N) is 1. The van der Waals surface area contributed by atoms with E-state index in [1.165, 1.54) is 12.3 Å². The third-order valence-corrected chi connectivity index (χ3v) is 3.87. The van der Waals surface area contributed by atoms with Crippen molar-refractivity contribution in [1.29, 1.82) is 0 Å². The van der Waals surface area contributed by atoms with E-state index < -0.39 is 16.8 Å². The molecule has 108 valence electrons. The number of nitro groups is 1. The van der Waals surface area contributed by atoms with Crippen LogP contribution in [0.2, 0.25) is 0 Å². The first-order chi connectivity index (χ1) is 9.49. The molecule has 0 aliphatic heterocycles. The number of halogens is 1. The second-order valence-corrected chi connectivity index (χ2v) is 5.67. The van der Waals surface area contributed by atoms with Gasteiger partial charge in [-0.15, -0.1) is 0 Å². The lowest BCUT2D eigenvalue weighted by Crippen LogP contribution is -2.37. The zero-order valence-corrected chi connectivity index (χ0v) is 12.2. The van der Waals surface area contributed by atoms with Gasteiger partial charge in [-0.3, -0.25) is 14.9 Å². The van der Waals surface area contributed by atoms with Crippen LogP contribution in [-0.2, 0) is 4.79 Å². The first-order valence-electron chi connectivity index (χ1n) is 6.28. The lowest BCUT2D eigenvalue weighted by Gasteiger charge is -2.29. The molecule has 0 saturated heterocycles. The summed E-state index contributed by atoms with van der Waals surface area (Å²) in [6, 6.07) is 1.03. The van der Waals surface area contributed by atoms with Crippen molar-refractivity contribution in [3.05, 3.63) is 26.9 Å². The maximum atomic E-state index is 11.2. The minimum absolute atomic E-state index is 0.122. The standard InChI is InChI=1S/C12H14BrN3O4/c13-7-5-10(16(19)20)11(14-6-7)15-9-4-2-1-3-8(9)12(17)18/h5-6,8-9H,1-4H2,(H,14,15)(H,17,18). The van der Waals surface area contributed by atoms with Crippen LogP contribution in [0.4, 0.5) is 11.5 Å². The lowest BCUT2D eigenvalue weighted by molar-refractivity contribution is -0.384. The van der Waals surface area contributed by atoms with Gasteiger partial charge in [0.2, 0.25) is 5.82 Å². The van der Waals surface area contributed by atoms with Crippen LogP contribution in [0.1, 0.15) is 25.7 Å². The summed E-state index contributed by atoms with van der Waals surface area (Å²) in [7, 11) is 0. The fourth-order valence-electron chi connectivity index (χ4n) is 2.45. The Kier molecular flexibility index (Phi) is 4.53. The summed E-state index contributed by atoms with van der Waals surface area (Å²) in [4.78, 5) is 25.7. The summed E-state index contributed by atoms with van der Waals surface area (Å²) >= 11 is 3.14. The predicted molar refractivity (Wildman–Crippen MR) is 75.6 cm³/mol. The largest absolute Gasteiger partial charge is 0.481 e. The highest BCUT2D eigenvalue weighted by atomic mass is 79.9. The van der Waals surface area contributed by atoms with Gasteiger partial charge in [-0.05, 0) is 28.8 Å². The van der Waals surface area contributed by atoms with E-state index in [-0.39, 0.29) is 17.5 Å². The number of nitrogens with zero attached hydrogens (tertiary/aromatic N) is 2. The highest BCUT2D eigenvalue weighted by Crippen LogP contribution is 2.31. The van der Waals surface area contributed by atoms with Crippen LogP contribution in [0.25, 0.3) is 0 Å². The molecular weight excluding hydrogens is 330 g/mol. The third-order valence-electron chi connectivity index (χ3n) is 3.44. The van der Waals surface area contributed by atoms with Gasteiger partial charge >= 0.3 is 11.7 Å². The number of carboxylic acid groups (broad SMARTS) is 1. The average molecular weight is 344 g/mol. The van der Waals surface area contributed by atoms with E-state index in [9.17, 15) is 20.0 Å². The second kappa shape index (κ2) is 6.17. The third kappa shape index (κ3) is 3.24. The quantitative estimate of drug-likeness (QED) is 0.643. The Balaban J connectivity index is 2.24. The molecule has 0 amide bonds. The summed E-state index contributed by atoms with van der Waals surface area (Å²) in [6.07, 6.45) is 4.48. The maximum absolute atomic E-state index is 11.2. The molecule has 1 aliphatic carbocycles. The Morgan fingerprint density at radius 1 is 1.50 bits per heavy atom. The van der Waals surface area contributed by atoms with Gasteiger partial charge in [0.15, 0.2) is 0 Å². The first kappa shape index (κ1) is 14.7. The van der Waals surface area contributed by atoms with Crippen LogP contribution in [0.5, 0.6) is 0 Å². The van der Waals surface area contributed by atoms with E-state index in [1.807, 2.05) is 0 Å². The molecule has 1 aliphatic rings. The van der Waals surface area contributed by atoms with Gasteiger partial charge in [-0.25, -0.2) is 4.98 Å². The Hall–Kier alpha value is -1.70. The molecule has 2 N–H and O–H groups in total. The van der Waals surface area contributed by atoms with Crippen LogP contribution < -0.4 is 5.32 Å². The molecule has 0 radical (unpaired) electrons. The summed E-state index contributed by atoms with van der Waals surface area (Å²) in [6.45, 7) is 0. The summed E-state index contributed by atoms with van der Waals surface area (Å²) in [5, 5.41) is 23.2. The van der Waals surface area contributed by atoms with Gasteiger partial charge in [0.1, 0.15) is 0 Å². The molecule has 1 fully saturated rings. The summed E-state index contributed by atoms with van der Waals surface area (Å²) in [5.74, 6) is -1.29. The monoisotopic (exact) mass is 343 g/mol. The molecule has 8 heteroatoms. The van der Waals surface area contributed by atoms with Gasteiger partial charge < -0.3 is 10.4 Å². The number of hydrogen-bond acceptors (Lipinski definition) is 5. The van der Waals surface area contributed by atoms with E-state index >= 15 is 0 Å². The van der Waals surface area contributed by atoms with Crippen molar-refractivity contribution in [1.82, 2.24) is 4.98 Å². The number of aliphatic carboxylic acids is 1. The molecule has 1 aromatic rings. The van der Waals surface area contributed by atoms with Crippen molar-refractivity contribution in [3.8, 4) is 0 Å². The molecule has 2 rings (SSSR count). The average Bonchev–Trinajstić information content (AvgIpc) is 2.41. The second-order valence-electron chi connectivity index (χ2n) is 4.76. The summed E-state index contributed by atoms with van der Waals surface area (Å²) in [5.41, 5.74) is -0.158. The topological polar surface area (TPSA) is 105 Å². The van der Waals surface area contributed by atoms with Crippen LogP contribution in [0.3, 0.4) is 0 Å². The van der Waals surface area contributed by atoms with Crippen molar-refractivity contribution in [2.75, 3.05) is 5.32 Å². The molecule has 20 heavy (non-hydrogen) atoms. The van der Waals surface area contributed by atoms with Crippen LogP contribution >= 0.6 is 15.9 Å². The molecule has 0 aromatic carbocycles. The molecule has 1 heterocycles. The normalized spacial score (nSPS) is 22.2. The fourth-order valence-corrected chi connectivity index (χ4v) is 2.77. The van der Waals surface area contributed by atoms with Gasteiger partial charge in [0, 0.05) is 22.8 Å². The van der Waals surface area contributed by atoms with E-state index in [0.717, 1.165) is 12.8 Å². The minimum atomic E-state index is -0.873. The number of hydrogen-bond donors (Lipinski definition) is 2. The molecule has 7 nitrogen and oxygen atoms in total. The molecule has 1 saturated carbocycles. The van der Waals surface area contributed by atoms with Crippen LogP contribution in [0.15, 0.2) is 16.7 Å². The highest BCUT2D eigenvalue weighted by molar-refractivity contribution is 9.10. The van der Waals surface area contributed by atoms with E-state index in [0.29, 0.717) is 17.3 Å². The molecule has 2 atom stereocenters. The number of anilines is 1. The lowest BCUT2D eigenvalue weighted by atomic mass is 9.84. The van der Waals surface area contributed by atoms with Crippen molar-refractivity contribution in [2.24, 2.45) is 5.92 Å². The molecule has 1 aromatic heterocycles. The van der Waals surface area contributed by atoms with Crippen molar-refractivity contribution >= 4 is 33.4 Å². The zero-order chi connectivity index (χ0) is 14.7. The van der Waals surface area contributed by atoms with Crippen molar-refractivity contribution in [3.63, 3.8) is 0 Å². The minimum Gasteiger partial charge on any atom is -0.481 e. The van der Waals surface area contributed by atoms with E-state index in [2.05, 4.69) is 26.2 Å². The van der Waals surface area contributed by atoms with Crippen LogP contribution in [0, 0.1) is 16.0 Å². The maximum Gasteiger partial charge on any atom is 0.312 e. The summed E-state index contributed by atoms with van der Waals surface area (Å²) < 4.78 is 0.508. The van der Waals surface area contributed by atoms with E-state index in [1.54, 1.807) is 0 Å². The SMILES string of the molecule is O=C(O)C1CCCCC1Nc1ncc(Br)cc1[N+](=O)[O-]. The Labute approximate surface area is 123 Å². The van der Waals surface area contributed by atoms with E-state index in [4.69, 9.17) is 0 Å². The Morgan fingerprint density at radius 3 is 2.85 bits per heavy atom. The Morgan fingerprint density at radius 2 is 2.20 bits per heavy atom. The van der Waals surface area contributed by atoms with Crippen molar-refractivity contribution in [2.45, 2.75) is 31.7 Å². The van der Waals surface area contributed by atoms with Gasteiger partial charge in [-0.1, -0.05) is 12.8 Å². The number of pyridine rings is 1. The molecule has 2 unspecified atom stereocenters. The predicted octanol–water partition coefficient (Wildman–Crippen LogP) is 2.81. The molecular formula is C12H14BrN3O4. The van der Waals surface area contributed by atoms with Gasteiger partial charge in [-0.2, -0.15) is 0 Å². The molecule has 0 bridgehead atoms. The highest BCUT2D eigenvalue weighted by Gasteiger charge is 2.32. The number of carboxylic acids is 1. The zero-order valence-electron chi connectivity index (χ0n) is 10.6. The van der Waals surface area contributed by atoms with Gasteiger partial charge in [0.05, 0.1) is 10.8 Å². The van der Waals surface area contributed by atoms with Gasteiger partial charge in [0.25, 0.3) is 0 Å². The fraction of sp³-hybridized carbons (Fsp3) is 0.500. The van der Waals surface area contributed by atoms with Crippen molar-refractivity contribution < 1.29 is 14.8 Å². The number of carbonyl (C=O) groups is 1. The smallest absolute Gasteiger partial charge is 0.312 e. The number of aromatic nitrogens is 1.